The number of benzene rings is 1. The van der Waals surface area contributed by atoms with Crippen molar-refractivity contribution < 1.29 is 19.6 Å². The lowest BCUT2D eigenvalue weighted by atomic mass is 10.1. The highest BCUT2D eigenvalue weighted by atomic mass is 32.2. The number of carbonyl (C=O) groups is 2. The summed E-state index contributed by atoms with van der Waals surface area (Å²) in [6, 6.07) is 4.33. The number of aliphatic carboxylic acids is 1. The van der Waals surface area contributed by atoms with Crippen LogP contribution in [0.3, 0.4) is 0 Å². The van der Waals surface area contributed by atoms with E-state index >= 15 is 0 Å². The number of hydrogen-bond donors (Lipinski definition) is 2. The highest BCUT2D eigenvalue weighted by molar-refractivity contribution is 7.98. The first-order chi connectivity index (χ1) is 9.85. The average molecular weight is 312 g/mol. The van der Waals surface area contributed by atoms with Crippen LogP contribution in [0.15, 0.2) is 23.1 Å². The Hall–Kier alpha value is -2.09. The maximum absolute atomic E-state index is 12.1. The number of carboxylic acids is 1. The second-order valence-electron chi connectivity index (χ2n) is 4.55. The molecule has 1 unspecified atom stereocenters. The van der Waals surface area contributed by atoms with Gasteiger partial charge in [0.1, 0.15) is 5.56 Å². The van der Waals surface area contributed by atoms with E-state index in [0.29, 0.717) is 0 Å². The molecule has 0 spiro atoms. The van der Waals surface area contributed by atoms with Gasteiger partial charge in [0.25, 0.3) is 11.6 Å². The fourth-order valence-corrected chi connectivity index (χ4v) is 2.16. The van der Waals surface area contributed by atoms with Crippen LogP contribution in [0.25, 0.3) is 0 Å². The molecule has 0 heterocycles. The van der Waals surface area contributed by atoms with Gasteiger partial charge in [-0.05, 0) is 24.3 Å². The van der Waals surface area contributed by atoms with E-state index in [1.165, 1.54) is 23.9 Å². The van der Waals surface area contributed by atoms with Crippen LogP contribution >= 0.6 is 11.8 Å². The van der Waals surface area contributed by atoms with E-state index in [4.69, 9.17) is 5.11 Å². The molecule has 0 radical (unpaired) electrons. The Labute approximate surface area is 125 Å². The topological polar surface area (TPSA) is 110 Å². The van der Waals surface area contributed by atoms with Gasteiger partial charge in [-0.2, -0.15) is 0 Å². The molecule has 114 valence electrons. The Kier molecular flexibility index (Phi) is 6.16. The predicted octanol–water partition coefficient (Wildman–Crippen LogP) is 2.16. The summed E-state index contributed by atoms with van der Waals surface area (Å²) in [5.41, 5.74) is -0.287. The molecular weight excluding hydrogens is 296 g/mol. The largest absolute Gasteiger partial charge is 0.481 e. The van der Waals surface area contributed by atoms with Crippen LogP contribution in [0, 0.1) is 16.0 Å². The molecule has 7 nitrogen and oxygen atoms in total. The minimum absolute atomic E-state index is 0.0191. The highest BCUT2D eigenvalue weighted by Gasteiger charge is 2.21. The zero-order chi connectivity index (χ0) is 16.0. The molecule has 1 aromatic rings. The number of hydrogen-bond acceptors (Lipinski definition) is 5. The highest BCUT2D eigenvalue weighted by Crippen LogP contribution is 2.24. The summed E-state index contributed by atoms with van der Waals surface area (Å²) in [4.78, 5) is 33.7. The Bertz CT molecular complexity index is 561. The summed E-state index contributed by atoms with van der Waals surface area (Å²) in [5, 5.41) is 22.1. The number of rotatable bonds is 7. The van der Waals surface area contributed by atoms with Crippen molar-refractivity contribution in [3.05, 3.63) is 33.9 Å². The van der Waals surface area contributed by atoms with Gasteiger partial charge in [0.15, 0.2) is 0 Å². The second-order valence-corrected chi connectivity index (χ2v) is 5.43. The molecule has 0 bridgehead atoms. The van der Waals surface area contributed by atoms with Gasteiger partial charge in [-0.15, -0.1) is 11.8 Å². The summed E-state index contributed by atoms with van der Waals surface area (Å²) in [6.45, 7) is 1.83. The third-order valence-electron chi connectivity index (χ3n) is 2.78. The van der Waals surface area contributed by atoms with E-state index in [1.54, 1.807) is 19.2 Å². The molecule has 0 aliphatic carbocycles. The predicted molar refractivity (Wildman–Crippen MR) is 78.6 cm³/mol. The van der Waals surface area contributed by atoms with Crippen LogP contribution < -0.4 is 5.32 Å². The molecule has 0 aliphatic heterocycles. The molecule has 0 aromatic heterocycles. The van der Waals surface area contributed by atoms with E-state index < -0.39 is 16.8 Å². The zero-order valence-corrected chi connectivity index (χ0v) is 12.5. The van der Waals surface area contributed by atoms with Gasteiger partial charge in [-0.25, -0.2) is 0 Å². The van der Waals surface area contributed by atoms with Crippen molar-refractivity contribution in [3.8, 4) is 0 Å². The second kappa shape index (κ2) is 7.63. The monoisotopic (exact) mass is 312 g/mol. The van der Waals surface area contributed by atoms with E-state index in [1.807, 2.05) is 0 Å². The number of thioether (sulfide) groups is 1. The van der Waals surface area contributed by atoms with Crippen molar-refractivity contribution in [2.75, 3.05) is 12.8 Å². The summed E-state index contributed by atoms with van der Waals surface area (Å²) in [7, 11) is 0. The van der Waals surface area contributed by atoms with Gasteiger partial charge < -0.3 is 10.4 Å². The van der Waals surface area contributed by atoms with Crippen LogP contribution in [0.2, 0.25) is 0 Å². The number of carboxylic acid groups (broad SMARTS) is 1. The third-order valence-corrected chi connectivity index (χ3v) is 3.50. The Balaban J connectivity index is 2.85. The van der Waals surface area contributed by atoms with Gasteiger partial charge in [0.05, 0.1) is 4.92 Å². The van der Waals surface area contributed by atoms with Crippen LogP contribution in [-0.2, 0) is 4.79 Å². The molecule has 0 aliphatic rings. The number of nitro benzene ring substituents is 1. The molecule has 1 amide bonds. The molecule has 1 aromatic carbocycles. The summed E-state index contributed by atoms with van der Waals surface area (Å²) >= 11 is 1.37. The zero-order valence-electron chi connectivity index (χ0n) is 11.7. The van der Waals surface area contributed by atoms with E-state index in [9.17, 15) is 19.7 Å². The minimum atomic E-state index is -0.952. The average Bonchev–Trinajstić information content (AvgIpc) is 2.43. The van der Waals surface area contributed by atoms with Crippen molar-refractivity contribution in [2.24, 2.45) is 5.92 Å². The molecule has 1 atom stereocenters. The van der Waals surface area contributed by atoms with Crippen molar-refractivity contribution in [1.29, 1.82) is 0 Å². The van der Waals surface area contributed by atoms with Gasteiger partial charge in [-0.1, -0.05) is 6.92 Å². The molecule has 0 saturated heterocycles. The molecular formula is C13H16N2O5S. The van der Waals surface area contributed by atoms with Gasteiger partial charge in [0, 0.05) is 23.9 Å². The first-order valence-corrected chi connectivity index (χ1v) is 7.40. The van der Waals surface area contributed by atoms with E-state index in [-0.39, 0.29) is 30.1 Å². The number of carbonyl (C=O) groups excluding carboxylic acids is 1. The molecule has 1 rings (SSSR count). The van der Waals surface area contributed by atoms with Crippen molar-refractivity contribution in [1.82, 2.24) is 5.32 Å². The Morgan fingerprint density at radius 3 is 2.67 bits per heavy atom. The quantitative estimate of drug-likeness (QED) is 0.453. The summed E-state index contributed by atoms with van der Waals surface area (Å²) in [6.07, 6.45) is 1.73. The SMILES string of the molecule is CSc1ccc([N+](=O)[O-])c(C(=O)NCC(C)CC(=O)O)c1. The van der Waals surface area contributed by atoms with Crippen molar-refractivity contribution in [2.45, 2.75) is 18.2 Å². The number of nitro groups is 1. The maximum atomic E-state index is 12.1. The standard InChI is InChI=1S/C13H16N2O5S/c1-8(5-12(16)17)7-14-13(18)10-6-9(21-2)3-4-11(10)15(19)20/h3-4,6,8H,5,7H2,1-2H3,(H,14,18)(H,16,17). The normalized spacial score (nSPS) is 11.7. The number of nitrogens with zero attached hydrogens (tertiary/aromatic N) is 1. The lowest BCUT2D eigenvalue weighted by Gasteiger charge is -2.11. The number of amides is 1. The van der Waals surface area contributed by atoms with Crippen LogP contribution in [0.1, 0.15) is 23.7 Å². The lowest BCUT2D eigenvalue weighted by molar-refractivity contribution is -0.385. The fraction of sp³-hybridized carbons (Fsp3) is 0.385. The van der Waals surface area contributed by atoms with Crippen molar-refractivity contribution in [3.63, 3.8) is 0 Å². The first-order valence-electron chi connectivity index (χ1n) is 6.17. The molecule has 0 saturated carbocycles. The molecule has 8 heteroatoms. The Morgan fingerprint density at radius 2 is 2.14 bits per heavy atom. The van der Waals surface area contributed by atoms with Gasteiger partial charge >= 0.3 is 5.97 Å². The summed E-state index contributed by atoms with van der Waals surface area (Å²) < 4.78 is 0. The minimum Gasteiger partial charge on any atom is -0.481 e. The smallest absolute Gasteiger partial charge is 0.303 e. The fourth-order valence-electron chi connectivity index (χ4n) is 1.72. The lowest BCUT2D eigenvalue weighted by Crippen LogP contribution is -2.29. The third kappa shape index (κ3) is 5.07. The molecule has 21 heavy (non-hydrogen) atoms. The maximum Gasteiger partial charge on any atom is 0.303 e. The van der Waals surface area contributed by atoms with Crippen LogP contribution in [0.4, 0.5) is 5.69 Å². The van der Waals surface area contributed by atoms with Crippen molar-refractivity contribution >= 4 is 29.3 Å². The number of nitrogens with one attached hydrogen (secondary N) is 1. The van der Waals surface area contributed by atoms with Crippen LogP contribution in [0.5, 0.6) is 0 Å². The first kappa shape index (κ1) is 17.0. The van der Waals surface area contributed by atoms with Crippen LogP contribution in [-0.4, -0.2) is 34.7 Å². The summed E-state index contributed by atoms with van der Waals surface area (Å²) in [5.74, 6) is -1.78. The molecule has 0 fully saturated rings. The van der Waals surface area contributed by atoms with E-state index in [0.717, 1.165) is 4.90 Å². The van der Waals surface area contributed by atoms with Gasteiger partial charge in [0.2, 0.25) is 0 Å². The van der Waals surface area contributed by atoms with E-state index in [2.05, 4.69) is 5.32 Å². The Morgan fingerprint density at radius 1 is 1.48 bits per heavy atom. The van der Waals surface area contributed by atoms with Gasteiger partial charge in [-0.3, -0.25) is 19.7 Å². The molecule has 2 N–H and O–H groups in total.